The monoisotopic (exact) mass is 253 g/mol. The van der Waals surface area contributed by atoms with Gasteiger partial charge in [0.1, 0.15) is 6.33 Å². The Morgan fingerprint density at radius 1 is 1.24 bits per heavy atom. The number of hydrogen-bond donors (Lipinski definition) is 1. The standard InChI is InChI=1S/C12H16ClN3O/c13-10-4-2-1-3-5-11(10)16-12(17)9-6-14-8-15-7-9/h6-8,10-11H,1-5H2,(H,16,17). The average Bonchev–Trinajstić information content (AvgIpc) is 2.56. The first-order valence-corrected chi connectivity index (χ1v) is 6.41. The normalized spacial score (nSPS) is 25.0. The molecular weight excluding hydrogens is 238 g/mol. The third-order valence-corrected chi connectivity index (χ3v) is 3.59. The Labute approximate surface area is 106 Å². The summed E-state index contributed by atoms with van der Waals surface area (Å²) in [5.74, 6) is -0.136. The number of carbonyl (C=O) groups is 1. The molecule has 0 spiro atoms. The van der Waals surface area contributed by atoms with Crippen LogP contribution in [-0.2, 0) is 0 Å². The highest BCUT2D eigenvalue weighted by Gasteiger charge is 2.23. The molecule has 1 aliphatic rings. The molecule has 92 valence electrons. The second kappa shape index (κ2) is 5.96. The van der Waals surface area contributed by atoms with E-state index < -0.39 is 0 Å². The van der Waals surface area contributed by atoms with E-state index in [1.807, 2.05) is 0 Å². The van der Waals surface area contributed by atoms with Gasteiger partial charge in [-0.15, -0.1) is 11.6 Å². The Hall–Kier alpha value is -1.16. The molecule has 1 saturated carbocycles. The largest absolute Gasteiger partial charge is 0.348 e. The van der Waals surface area contributed by atoms with Gasteiger partial charge in [-0.25, -0.2) is 9.97 Å². The number of amides is 1. The van der Waals surface area contributed by atoms with Crippen molar-refractivity contribution in [2.24, 2.45) is 0 Å². The van der Waals surface area contributed by atoms with Crippen LogP contribution in [0.4, 0.5) is 0 Å². The minimum atomic E-state index is -0.136. The van der Waals surface area contributed by atoms with Crippen LogP contribution in [0.15, 0.2) is 18.7 Å². The smallest absolute Gasteiger partial charge is 0.254 e. The average molecular weight is 254 g/mol. The van der Waals surface area contributed by atoms with Gasteiger partial charge >= 0.3 is 0 Å². The minimum Gasteiger partial charge on any atom is -0.348 e. The third-order valence-electron chi connectivity index (χ3n) is 3.07. The van der Waals surface area contributed by atoms with E-state index in [2.05, 4.69) is 15.3 Å². The zero-order valence-electron chi connectivity index (χ0n) is 9.60. The Morgan fingerprint density at radius 3 is 2.71 bits per heavy atom. The van der Waals surface area contributed by atoms with Crippen molar-refractivity contribution in [2.45, 2.75) is 43.5 Å². The number of halogens is 1. The molecule has 1 aliphatic carbocycles. The second-order valence-electron chi connectivity index (χ2n) is 4.36. The Morgan fingerprint density at radius 2 is 1.94 bits per heavy atom. The van der Waals surface area contributed by atoms with Crippen LogP contribution in [0.2, 0.25) is 0 Å². The molecular formula is C12H16ClN3O. The first-order chi connectivity index (χ1) is 8.27. The topological polar surface area (TPSA) is 54.9 Å². The zero-order chi connectivity index (χ0) is 12.1. The SMILES string of the molecule is O=C(NC1CCCCCC1Cl)c1cncnc1. The lowest BCUT2D eigenvalue weighted by Gasteiger charge is -2.20. The van der Waals surface area contributed by atoms with Crippen LogP contribution in [0, 0.1) is 0 Å². The minimum absolute atomic E-state index is 0.0334. The van der Waals surface area contributed by atoms with Crippen LogP contribution in [0.3, 0.4) is 0 Å². The molecule has 4 nitrogen and oxygen atoms in total. The molecule has 0 aromatic carbocycles. The van der Waals surface area contributed by atoms with Crippen LogP contribution in [0.5, 0.6) is 0 Å². The summed E-state index contributed by atoms with van der Waals surface area (Å²) in [5.41, 5.74) is 0.487. The fraction of sp³-hybridized carbons (Fsp3) is 0.583. The first kappa shape index (κ1) is 12.3. The molecule has 1 heterocycles. The van der Waals surface area contributed by atoms with Crippen molar-refractivity contribution in [1.29, 1.82) is 0 Å². The summed E-state index contributed by atoms with van der Waals surface area (Å²) in [7, 11) is 0. The zero-order valence-corrected chi connectivity index (χ0v) is 10.4. The van der Waals surface area contributed by atoms with E-state index in [1.54, 1.807) is 0 Å². The number of rotatable bonds is 2. The summed E-state index contributed by atoms with van der Waals surface area (Å²) in [6.07, 6.45) is 9.83. The van der Waals surface area contributed by atoms with Gasteiger partial charge in [-0.3, -0.25) is 4.79 Å². The van der Waals surface area contributed by atoms with E-state index in [4.69, 9.17) is 11.6 Å². The molecule has 1 amide bonds. The summed E-state index contributed by atoms with van der Waals surface area (Å²) < 4.78 is 0. The van der Waals surface area contributed by atoms with E-state index in [0.717, 1.165) is 25.7 Å². The Balaban J connectivity index is 1.98. The third kappa shape index (κ3) is 3.40. The number of hydrogen-bond acceptors (Lipinski definition) is 3. The summed E-state index contributed by atoms with van der Waals surface area (Å²) in [6.45, 7) is 0. The van der Waals surface area contributed by atoms with Gasteiger partial charge in [0.2, 0.25) is 0 Å². The van der Waals surface area contributed by atoms with E-state index in [0.29, 0.717) is 5.56 Å². The predicted molar refractivity (Wildman–Crippen MR) is 66.0 cm³/mol. The summed E-state index contributed by atoms with van der Waals surface area (Å²) >= 11 is 6.27. The lowest BCUT2D eigenvalue weighted by Crippen LogP contribution is -2.40. The van der Waals surface area contributed by atoms with Crippen molar-refractivity contribution >= 4 is 17.5 Å². The van der Waals surface area contributed by atoms with Gasteiger partial charge in [-0.1, -0.05) is 19.3 Å². The van der Waals surface area contributed by atoms with Gasteiger partial charge in [0.15, 0.2) is 0 Å². The van der Waals surface area contributed by atoms with Crippen LogP contribution < -0.4 is 5.32 Å². The predicted octanol–water partition coefficient (Wildman–Crippen LogP) is 2.15. The number of nitrogens with zero attached hydrogens (tertiary/aromatic N) is 2. The van der Waals surface area contributed by atoms with Crippen molar-refractivity contribution < 1.29 is 4.79 Å². The number of aromatic nitrogens is 2. The molecule has 0 aliphatic heterocycles. The van der Waals surface area contributed by atoms with Gasteiger partial charge in [-0.05, 0) is 12.8 Å². The van der Waals surface area contributed by atoms with Crippen molar-refractivity contribution in [3.05, 3.63) is 24.3 Å². The van der Waals surface area contributed by atoms with Crippen LogP contribution in [-0.4, -0.2) is 27.3 Å². The van der Waals surface area contributed by atoms with Gasteiger partial charge < -0.3 is 5.32 Å². The molecule has 2 atom stereocenters. The van der Waals surface area contributed by atoms with Crippen molar-refractivity contribution in [3.8, 4) is 0 Å². The van der Waals surface area contributed by atoms with Crippen LogP contribution in [0.1, 0.15) is 42.5 Å². The molecule has 0 radical (unpaired) electrons. The molecule has 1 fully saturated rings. The maximum Gasteiger partial charge on any atom is 0.254 e. The Kier molecular flexibility index (Phi) is 4.31. The fourth-order valence-electron chi connectivity index (χ4n) is 2.09. The van der Waals surface area contributed by atoms with Gasteiger partial charge in [-0.2, -0.15) is 0 Å². The summed E-state index contributed by atoms with van der Waals surface area (Å²) in [4.78, 5) is 19.6. The molecule has 1 aromatic heterocycles. The maximum absolute atomic E-state index is 11.9. The van der Waals surface area contributed by atoms with Crippen molar-refractivity contribution in [1.82, 2.24) is 15.3 Å². The van der Waals surface area contributed by atoms with E-state index in [1.165, 1.54) is 25.1 Å². The van der Waals surface area contributed by atoms with Crippen LogP contribution >= 0.6 is 11.6 Å². The molecule has 1 aromatic rings. The molecule has 0 saturated heterocycles. The highest BCUT2D eigenvalue weighted by atomic mass is 35.5. The quantitative estimate of drug-likeness (QED) is 0.649. The van der Waals surface area contributed by atoms with Gasteiger partial charge in [0, 0.05) is 18.4 Å². The highest BCUT2D eigenvalue weighted by Crippen LogP contribution is 2.22. The number of nitrogens with one attached hydrogen (secondary N) is 1. The molecule has 1 N–H and O–H groups in total. The molecule has 5 heteroatoms. The lowest BCUT2D eigenvalue weighted by atomic mass is 10.1. The van der Waals surface area contributed by atoms with E-state index in [9.17, 15) is 4.79 Å². The van der Waals surface area contributed by atoms with Crippen molar-refractivity contribution in [3.63, 3.8) is 0 Å². The van der Waals surface area contributed by atoms with Crippen molar-refractivity contribution in [2.75, 3.05) is 0 Å². The fourth-order valence-corrected chi connectivity index (χ4v) is 2.44. The molecule has 0 bridgehead atoms. The second-order valence-corrected chi connectivity index (χ2v) is 4.92. The highest BCUT2D eigenvalue weighted by molar-refractivity contribution is 6.21. The maximum atomic E-state index is 11.9. The van der Waals surface area contributed by atoms with E-state index in [-0.39, 0.29) is 17.3 Å². The number of carbonyl (C=O) groups excluding carboxylic acids is 1. The van der Waals surface area contributed by atoms with Gasteiger partial charge in [0.05, 0.1) is 10.9 Å². The van der Waals surface area contributed by atoms with E-state index >= 15 is 0 Å². The summed E-state index contributed by atoms with van der Waals surface area (Å²) in [5, 5.41) is 3.01. The molecule has 2 unspecified atom stereocenters. The Bertz CT molecular complexity index is 371. The van der Waals surface area contributed by atoms with Gasteiger partial charge in [0.25, 0.3) is 5.91 Å². The lowest BCUT2D eigenvalue weighted by molar-refractivity contribution is 0.0933. The first-order valence-electron chi connectivity index (χ1n) is 5.97. The summed E-state index contributed by atoms with van der Waals surface area (Å²) in [6, 6.07) is 0.0619. The molecule has 2 rings (SSSR count). The molecule has 17 heavy (non-hydrogen) atoms. The van der Waals surface area contributed by atoms with Crippen LogP contribution in [0.25, 0.3) is 0 Å². The number of alkyl halides is 1.